The summed E-state index contributed by atoms with van der Waals surface area (Å²) in [5.74, 6) is 2.07. The number of rotatable bonds is 3. The van der Waals surface area contributed by atoms with Gasteiger partial charge >= 0.3 is 0 Å². The average Bonchev–Trinajstić information content (AvgIpc) is 2.15. The Morgan fingerprint density at radius 1 is 1.50 bits per heavy atom. The molecule has 2 heteroatoms. The normalized spacial score (nSPS) is 10.2. The number of hydrogen-bond acceptors (Lipinski definition) is 1. The van der Waals surface area contributed by atoms with Gasteiger partial charge in [0.25, 0.3) is 0 Å². The Morgan fingerprint density at radius 3 is 2.71 bits per heavy atom. The molecule has 1 rings (SSSR count). The topological polar surface area (TPSA) is 9.23 Å². The summed E-state index contributed by atoms with van der Waals surface area (Å²) < 4.78 is 18.6. The van der Waals surface area contributed by atoms with E-state index < -0.39 is 0 Å². The van der Waals surface area contributed by atoms with E-state index in [1.165, 1.54) is 6.07 Å². The highest BCUT2D eigenvalue weighted by molar-refractivity contribution is 5.35. The number of terminal acetylenes is 1. The van der Waals surface area contributed by atoms with Gasteiger partial charge in [0, 0.05) is 11.1 Å². The minimum Gasteiger partial charge on any atom is -0.374 e. The van der Waals surface area contributed by atoms with Crippen molar-refractivity contribution in [2.24, 2.45) is 0 Å². The second-order valence-corrected chi connectivity index (χ2v) is 3.31. The maximum absolute atomic E-state index is 13.3. The van der Waals surface area contributed by atoms with E-state index in [-0.39, 0.29) is 18.5 Å². The van der Waals surface area contributed by atoms with Gasteiger partial charge in [-0.3, -0.25) is 0 Å². The lowest BCUT2D eigenvalue weighted by atomic mass is 10.1. The van der Waals surface area contributed by atoms with E-state index in [4.69, 9.17) is 11.2 Å². The fourth-order valence-corrected chi connectivity index (χ4v) is 1.01. The minimum absolute atomic E-state index is 0.0988. The van der Waals surface area contributed by atoms with Crippen molar-refractivity contribution < 1.29 is 9.13 Å². The van der Waals surface area contributed by atoms with Crippen LogP contribution in [0.1, 0.15) is 25.0 Å². The van der Waals surface area contributed by atoms with Gasteiger partial charge in [0.05, 0.1) is 12.7 Å². The van der Waals surface area contributed by atoms with E-state index in [1.54, 1.807) is 12.1 Å². The summed E-state index contributed by atoms with van der Waals surface area (Å²) in [7, 11) is 0. The van der Waals surface area contributed by atoms with Crippen LogP contribution in [0.3, 0.4) is 0 Å². The van der Waals surface area contributed by atoms with Crippen LogP contribution >= 0.6 is 0 Å². The first-order chi connectivity index (χ1) is 6.63. The lowest BCUT2D eigenvalue weighted by molar-refractivity contribution is 0.0639. The molecule has 0 bridgehead atoms. The molecule has 0 aliphatic heterocycles. The first kappa shape index (κ1) is 10.7. The SMILES string of the molecule is C#Cc1ccc(COC(C)C)c(F)c1. The van der Waals surface area contributed by atoms with E-state index in [1.807, 2.05) is 13.8 Å². The van der Waals surface area contributed by atoms with Crippen LogP contribution in [-0.4, -0.2) is 6.10 Å². The third kappa shape index (κ3) is 2.86. The van der Waals surface area contributed by atoms with Gasteiger partial charge in [-0.1, -0.05) is 12.0 Å². The zero-order chi connectivity index (χ0) is 10.6. The number of hydrogen-bond donors (Lipinski definition) is 0. The largest absolute Gasteiger partial charge is 0.374 e. The quantitative estimate of drug-likeness (QED) is 0.669. The summed E-state index contributed by atoms with van der Waals surface area (Å²) in [6.07, 6.45) is 5.24. The monoisotopic (exact) mass is 192 g/mol. The molecule has 0 fully saturated rings. The van der Waals surface area contributed by atoms with Crippen molar-refractivity contribution in [3.8, 4) is 12.3 Å². The molecule has 0 amide bonds. The fourth-order valence-electron chi connectivity index (χ4n) is 1.01. The molecular weight excluding hydrogens is 179 g/mol. The predicted molar refractivity (Wildman–Crippen MR) is 54.3 cm³/mol. The second-order valence-electron chi connectivity index (χ2n) is 3.31. The first-order valence-electron chi connectivity index (χ1n) is 4.50. The van der Waals surface area contributed by atoms with Crippen LogP contribution in [0.5, 0.6) is 0 Å². The van der Waals surface area contributed by atoms with Crippen LogP contribution in [0.4, 0.5) is 4.39 Å². The maximum atomic E-state index is 13.3. The minimum atomic E-state index is -0.305. The smallest absolute Gasteiger partial charge is 0.129 e. The van der Waals surface area contributed by atoms with Gasteiger partial charge < -0.3 is 4.74 Å². The lowest BCUT2D eigenvalue weighted by Gasteiger charge is -2.08. The van der Waals surface area contributed by atoms with Crippen LogP contribution in [0.2, 0.25) is 0 Å². The molecule has 74 valence electrons. The van der Waals surface area contributed by atoms with Crippen molar-refractivity contribution in [1.82, 2.24) is 0 Å². The predicted octanol–water partition coefficient (Wildman–Crippen LogP) is 2.73. The molecular formula is C12H13FO. The van der Waals surface area contributed by atoms with Crippen molar-refractivity contribution in [3.63, 3.8) is 0 Å². The van der Waals surface area contributed by atoms with Crippen molar-refractivity contribution in [1.29, 1.82) is 0 Å². The third-order valence-electron chi connectivity index (χ3n) is 1.79. The van der Waals surface area contributed by atoms with Crippen molar-refractivity contribution in [2.45, 2.75) is 26.6 Å². The number of halogens is 1. The Balaban J connectivity index is 2.75. The molecule has 0 atom stereocenters. The van der Waals surface area contributed by atoms with E-state index >= 15 is 0 Å². The summed E-state index contributed by atoms with van der Waals surface area (Å²) in [5, 5.41) is 0. The van der Waals surface area contributed by atoms with Gasteiger partial charge in [-0.15, -0.1) is 6.42 Å². The Morgan fingerprint density at radius 2 is 2.21 bits per heavy atom. The summed E-state index contributed by atoms with van der Waals surface area (Å²) in [6.45, 7) is 4.11. The Hall–Kier alpha value is -1.33. The molecule has 0 radical (unpaired) electrons. The van der Waals surface area contributed by atoms with E-state index in [0.29, 0.717) is 11.1 Å². The molecule has 0 aliphatic carbocycles. The summed E-state index contributed by atoms with van der Waals surface area (Å²) in [4.78, 5) is 0. The molecule has 0 unspecified atom stereocenters. The van der Waals surface area contributed by atoms with Crippen molar-refractivity contribution in [3.05, 3.63) is 35.1 Å². The summed E-state index contributed by atoms with van der Waals surface area (Å²) in [5.41, 5.74) is 1.09. The Bertz CT molecular complexity index is 350. The fraction of sp³-hybridized carbons (Fsp3) is 0.333. The molecule has 1 nitrogen and oxygen atoms in total. The summed E-state index contributed by atoms with van der Waals surface area (Å²) in [6, 6.07) is 4.72. The third-order valence-corrected chi connectivity index (χ3v) is 1.79. The highest BCUT2D eigenvalue weighted by Crippen LogP contribution is 2.11. The molecule has 0 saturated heterocycles. The van der Waals surface area contributed by atoms with E-state index in [2.05, 4.69) is 5.92 Å². The van der Waals surface area contributed by atoms with Gasteiger partial charge in [-0.2, -0.15) is 0 Å². The molecule has 0 aromatic heterocycles. The molecule has 1 aromatic rings. The number of benzene rings is 1. The maximum Gasteiger partial charge on any atom is 0.129 e. The van der Waals surface area contributed by atoms with Gasteiger partial charge in [0.1, 0.15) is 5.82 Å². The lowest BCUT2D eigenvalue weighted by Crippen LogP contribution is -2.03. The van der Waals surface area contributed by atoms with Gasteiger partial charge in [-0.25, -0.2) is 4.39 Å². The van der Waals surface area contributed by atoms with Crippen molar-refractivity contribution >= 4 is 0 Å². The van der Waals surface area contributed by atoms with Gasteiger partial charge in [0.15, 0.2) is 0 Å². The standard InChI is InChI=1S/C12H13FO/c1-4-10-5-6-11(12(13)7-10)8-14-9(2)3/h1,5-7,9H,8H2,2-3H3. The van der Waals surface area contributed by atoms with Crippen LogP contribution in [0.15, 0.2) is 18.2 Å². The van der Waals surface area contributed by atoms with Crippen LogP contribution < -0.4 is 0 Å². The van der Waals surface area contributed by atoms with Crippen molar-refractivity contribution in [2.75, 3.05) is 0 Å². The Kier molecular flexibility index (Phi) is 3.67. The zero-order valence-corrected chi connectivity index (χ0v) is 8.38. The highest BCUT2D eigenvalue weighted by atomic mass is 19.1. The van der Waals surface area contributed by atoms with Crippen LogP contribution in [0, 0.1) is 18.2 Å². The van der Waals surface area contributed by atoms with E-state index in [0.717, 1.165) is 0 Å². The molecule has 1 aromatic carbocycles. The van der Waals surface area contributed by atoms with Crippen LogP contribution in [0.25, 0.3) is 0 Å². The van der Waals surface area contributed by atoms with Crippen LogP contribution in [-0.2, 0) is 11.3 Å². The highest BCUT2D eigenvalue weighted by Gasteiger charge is 2.03. The molecule has 14 heavy (non-hydrogen) atoms. The molecule has 0 aliphatic rings. The molecule has 0 heterocycles. The zero-order valence-electron chi connectivity index (χ0n) is 8.38. The second kappa shape index (κ2) is 4.78. The van der Waals surface area contributed by atoms with E-state index in [9.17, 15) is 4.39 Å². The molecule has 0 N–H and O–H groups in total. The number of ether oxygens (including phenoxy) is 1. The molecule has 0 spiro atoms. The Labute approximate surface area is 83.9 Å². The first-order valence-corrected chi connectivity index (χ1v) is 4.50. The average molecular weight is 192 g/mol. The van der Waals surface area contributed by atoms with Gasteiger partial charge in [0.2, 0.25) is 0 Å². The summed E-state index contributed by atoms with van der Waals surface area (Å²) >= 11 is 0. The van der Waals surface area contributed by atoms with Gasteiger partial charge in [-0.05, 0) is 26.0 Å². The molecule has 0 saturated carbocycles.